The van der Waals surface area contributed by atoms with Crippen LogP contribution in [0.1, 0.15) is 48.3 Å². The molecule has 2 aromatic rings. The van der Waals surface area contributed by atoms with Crippen molar-refractivity contribution in [3.63, 3.8) is 0 Å². The molecule has 2 amide bonds. The van der Waals surface area contributed by atoms with Crippen LogP contribution in [0.25, 0.3) is 0 Å². The molecule has 1 unspecified atom stereocenters. The number of ether oxygens (including phenoxy) is 1. The summed E-state index contributed by atoms with van der Waals surface area (Å²) < 4.78 is 5.75. The van der Waals surface area contributed by atoms with E-state index in [0.29, 0.717) is 17.4 Å². The zero-order chi connectivity index (χ0) is 17.7. The highest BCUT2D eigenvalue weighted by atomic mass is 16.5. The Bertz CT molecular complexity index is 708. The number of rotatable bonds is 5. The summed E-state index contributed by atoms with van der Waals surface area (Å²) in [5.74, 6) is 0.194. The molecule has 0 spiro atoms. The van der Waals surface area contributed by atoms with Gasteiger partial charge in [-0.3, -0.25) is 20.4 Å². The second kappa shape index (κ2) is 7.68. The average Bonchev–Trinajstić information content (AvgIpc) is 3.08. The van der Waals surface area contributed by atoms with Gasteiger partial charge in [0.1, 0.15) is 11.4 Å². The van der Waals surface area contributed by atoms with Crippen LogP contribution in [0.3, 0.4) is 0 Å². The van der Waals surface area contributed by atoms with Crippen LogP contribution in [0.5, 0.6) is 5.75 Å². The van der Waals surface area contributed by atoms with E-state index in [-0.39, 0.29) is 0 Å². The first-order valence-electron chi connectivity index (χ1n) is 7.89. The number of amides is 2. The van der Waals surface area contributed by atoms with Crippen molar-refractivity contribution in [1.29, 1.82) is 0 Å². The number of benzene rings is 1. The van der Waals surface area contributed by atoms with Crippen molar-refractivity contribution >= 4 is 11.8 Å². The molecule has 3 N–H and O–H groups in total. The molecule has 24 heavy (non-hydrogen) atoms. The van der Waals surface area contributed by atoms with E-state index in [2.05, 4.69) is 29.7 Å². The Morgan fingerprint density at radius 3 is 2.50 bits per heavy atom. The number of hydrogen-bond acceptors (Lipinski definition) is 3. The SMILES string of the molecule is Cc1ccc(C(C)C)cc1OC(C)C(=O)NNC(=O)c1ccc[nH]1. The third kappa shape index (κ3) is 4.38. The third-order valence-corrected chi connectivity index (χ3v) is 3.69. The van der Waals surface area contributed by atoms with Gasteiger partial charge in [0.05, 0.1) is 0 Å². The van der Waals surface area contributed by atoms with Gasteiger partial charge >= 0.3 is 0 Å². The van der Waals surface area contributed by atoms with Crippen molar-refractivity contribution in [3.05, 3.63) is 53.3 Å². The molecule has 1 aromatic heterocycles. The van der Waals surface area contributed by atoms with E-state index in [1.807, 2.05) is 25.1 Å². The van der Waals surface area contributed by atoms with Crippen LogP contribution in [0.15, 0.2) is 36.5 Å². The van der Waals surface area contributed by atoms with E-state index in [4.69, 9.17) is 4.74 Å². The van der Waals surface area contributed by atoms with Gasteiger partial charge in [0.25, 0.3) is 11.8 Å². The van der Waals surface area contributed by atoms with Crippen LogP contribution in [0.4, 0.5) is 0 Å². The van der Waals surface area contributed by atoms with Gasteiger partial charge < -0.3 is 9.72 Å². The maximum atomic E-state index is 12.1. The number of aromatic amines is 1. The van der Waals surface area contributed by atoms with Crippen LogP contribution in [0, 0.1) is 6.92 Å². The Hall–Kier alpha value is -2.76. The number of aromatic nitrogens is 1. The van der Waals surface area contributed by atoms with Gasteiger partial charge in [0.15, 0.2) is 6.10 Å². The van der Waals surface area contributed by atoms with Gasteiger partial charge in [-0.15, -0.1) is 0 Å². The number of aryl methyl sites for hydroxylation is 1. The zero-order valence-electron chi connectivity index (χ0n) is 14.3. The maximum Gasteiger partial charge on any atom is 0.286 e. The lowest BCUT2D eigenvalue weighted by molar-refractivity contribution is -0.128. The Labute approximate surface area is 141 Å². The Morgan fingerprint density at radius 1 is 1.12 bits per heavy atom. The number of carbonyl (C=O) groups excluding carboxylic acids is 2. The summed E-state index contributed by atoms with van der Waals surface area (Å²) in [4.78, 5) is 26.6. The molecule has 0 radical (unpaired) electrons. The molecular weight excluding hydrogens is 306 g/mol. The van der Waals surface area contributed by atoms with Crippen molar-refractivity contribution in [2.24, 2.45) is 0 Å². The lowest BCUT2D eigenvalue weighted by atomic mass is 10.0. The smallest absolute Gasteiger partial charge is 0.286 e. The predicted octanol–water partition coefficient (Wildman–Crippen LogP) is 2.68. The third-order valence-electron chi connectivity index (χ3n) is 3.69. The Kier molecular flexibility index (Phi) is 5.63. The molecule has 0 aliphatic heterocycles. The average molecular weight is 329 g/mol. The van der Waals surface area contributed by atoms with Crippen molar-refractivity contribution in [1.82, 2.24) is 15.8 Å². The highest BCUT2D eigenvalue weighted by Crippen LogP contribution is 2.25. The van der Waals surface area contributed by atoms with Gasteiger partial charge in [-0.05, 0) is 49.1 Å². The molecule has 0 saturated carbocycles. The summed E-state index contributed by atoms with van der Waals surface area (Å²) in [5.41, 5.74) is 7.17. The first-order valence-corrected chi connectivity index (χ1v) is 7.89. The number of carbonyl (C=O) groups is 2. The van der Waals surface area contributed by atoms with Gasteiger partial charge in [-0.2, -0.15) is 0 Å². The number of hydrogen-bond donors (Lipinski definition) is 3. The summed E-state index contributed by atoms with van der Waals surface area (Å²) in [6, 6.07) is 9.28. The molecule has 6 heteroatoms. The van der Waals surface area contributed by atoms with Crippen molar-refractivity contribution in [2.75, 3.05) is 0 Å². The lowest BCUT2D eigenvalue weighted by Gasteiger charge is -2.18. The van der Waals surface area contributed by atoms with Crippen LogP contribution < -0.4 is 15.6 Å². The van der Waals surface area contributed by atoms with E-state index < -0.39 is 17.9 Å². The van der Waals surface area contributed by atoms with E-state index >= 15 is 0 Å². The molecule has 0 fully saturated rings. The first kappa shape index (κ1) is 17.6. The Balaban J connectivity index is 1.94. The molecule has 1 atom stereocenters. The molecule has 0 saturated heterocycles. The van der Waals surface area contributed by atoms with Crippen LogP contribution in [-0.2, 0) is 4.79 Å². The normalized spacial score (nSPS) is 11.9. The second-order valence-electron chi connectivity index (χ2n) is 5.97. The summed E-state index contributed by atoms with van der Waals surface area (Å²) in [5, 5.41) is 0. The fraction of sp³-hybridized carbons (Fsp3) is 0.333. The molecule has 0 aliphatic carbocycles. The molecule has 0 bridgehead atoms. The van der Waals surface area contributed by atoms with Crippen LogP contribution in [0.2, 0.25) is 0 Å². The molecular formula is C18H23N3O3. The summed E-state index contributed by atoms with van der Waals surface area (Å²) in [7, 11) is 0. The maximum absolute atomic E-state index is 12.1. The monoisotopic (exact) mass is 329 g/mol. The van der Waals surface area contributed by atoms with Crippen molar-refractivity contribution < 1.29 is 14.3 Å². The zero-order valence-corrected chi connectivity index (χ0v) is 14.3. The molecule has 1 aromatic carbocycles. The van der Waals surface area contributed by atoms with E-state index in [1.165, 1.54) is 0 Å². The fourth-order valence-corrected chi connectivity index (χ4v) is 2.11. The number of hydrazine groups is 1. The minimum atomic E-state index is -0.741. The van der Waals surface area contributed by atoms with Gasteiger partial charge in [0, 0.05) is 6.20 Å². The summed E-state index contributed by atoms with van der Waals surface area (Å²) >= 11 is 0. The summed E-state index contributed by atoms with van der Waals surface area (Å²) in [6.07, 6.45) is 0.891. The summed E-state index contributed by atoms with van der Waals surface area (Å²) in [6.45, 7) is 7.76. The fourth-order valence-electron chi connectivity index (χ4n) is 2.11. The van der Waals surface area contributed by atoms with Crippen molar-refractivity contribution in [3.8, 4) is 5.75 Å². The standard InChI is InChI=1S/C18H23N3O3/c1-11(2)14-8-7-12(3)16(10-14)24-13(4)17(22)20-21-18(23)15-6-5-9-19-15/h5-11,13,19H,1-4H3,(H,20,22)(H,21,23). The molecule has 1 heterocycles. The lowest BCUT2D eigenvalue weighted by Crippen LogP contribution is -2.47. The minimum Gasteiger partial charge on any atom is -0.481 e. The quantitative estimate of drug-likeness (QED) is 0.738. The topological polar surface area (TPSA) is 83.2 Å². The Morgan fingerprint density at radius 2 is 1.88 bits per heavy atom. The van der Waals surface area contributed by atoms with Gasteiger partial charge in [-0.25, -0.2) is 0 Å². The van der Waals surface area contributed by atoms with Crippen LogP contribution >= 0.6 is 0 Å². The highest BCUT2D eigenvalue weighted by molar-refractivity contribution is 5.94. The van der Waals surface area contributed by atoms with Gasteiger partial charge in [0.2, 0.25) is 0 Å². The highest BCUT2D eigenvalue weighted by Gasteiger charge is 2.17. The van der Waals surface area contributed by atoms with E-state index in [1.54, 1.807) is 25.3 Å². The van der Waals surface area contributed by atoms with E-state index in [9.17, 15) is 9.59 Å². The molecule has 2 rings (SSSR count). The van der Waals surface area contributed by atoms with Gasteiger partial charge in [-0.1, -0.05) is 26.0 Å². The van der Waals surface area contributed by atoms with Crippen LogP contribution in [-0.4, -0.2) is 22.9 Å². The number of H-pyrrole nitrogens is 1. The molecule has 128 valence electrons. The van der Waals surface area contributed by atoms with E-state index in [0.717, 1.165) is 11.1 Å². The largest absolute Gasteiger partial charge is 0.481 e. The molecule has 6 nitrogen and oxygen atoms in total. The van der Waals surface area contributed by atoms with Crippen molar-refractivity contribution in [2.45, 2.75) is 39.7 Å². The number of nitrogens with one attached hydrogen (secondary N) is 3. The first-order chi connectivity index (χ1) is 11.4. The second-order valence-corrected chi connectivity index (χ2v) is 5.97. The molecule has 0 aliphatic rings. The minimum absolute atomic E-state index is 0.365. The predicted molar refractivity (Wildman–Crippen MR) is 91.8 cm³/mol.